The van der Waals surface area contributed by atoms with Crippen LogP contribution in [0.15, 0.2) is 46.9 Å². The van der Waals surface area contributed by atoms with Crippen LogP contribution in [0.3, 0.4) is 0 Å². The van der Waals surface area contributed by atoms with Gasteiger partial charge in [0.2, 0.25) is 5.89 Å². The minimum Gasteiger partial charge on any atom is -0.436 e. The average molecular weight is 414 g/mol. The van der Waals surface area contributed by atoms with Gasteiger partial charge in [0.25, 0.3) is 0 Å². The summed E-state index contributed by atoms with van der Waals surface area (Å²) >= 11 is 5.73. The third-order valence-corrected chi connectivity index (χ3v) is 4.06. The van der Waals surface area contributed by atoms with Crippen LogP contribution in [0, 0.1) is 3.57 Å². The van der Waals surface area contributed by atoms with Crippen molar-refractivity contribution in [2.75, 3.05) is 0 Å². The third kappa shape index (κ3) is 2.31. The summed E-state index contributed by atoms with van der Waals surface area (Å²) in [6.45, 7) is 0. The molecule has 0 amide bonds. The number of halogens is 2. The normalized spacial score (nSPS) is 11.0. The van der Waals surface area contributed by atoms with Crippen LogP contribution in [0.25, 0.3) is 22.6 Å². The van der Waals surface area contributed by atoms with E-state index in [1.54, 1.807) is 0 Å². The highest BCUT2D eigenvalue weighted by Gasteiger charge is 2.08. The fourth-order valence-corrected chi connectivity index (χ4v) is 2.48. The number of benzene rings is 2. The number of oxazole rings is 1. The quantitative estimate of drug-likeness (QED) is 0.436. The molecule has 1 aromatic heterocycles. The summed E-state index contributed by atoms with van der Waals surface area (Å²) in [5.41, 5.74) is 3.94. The molecule has 0 atom stereocenters. The molecular weight excluding hydrogens is 405 g/mol. The Labute approximate surface area is 127 Å². The van der Waals surface area contributed by atoms with E-state index in [2.05, 4.69) is 55.6 Å². The molecule has 0 aliphatic heterocycles. The van der Waals surface area contributed by atoms with Gasteiger partial charge in [-0.15, -0.1) is 0 Å². The molecule has 2 aromatic carbocycles. The van der Waals surface area contributed by atoms with Crippen molar-refractivity contribution in [1.29, 1.82) is 0 Å². The van der Waals surface area contributed by atoms with Crippen molar-refractivity contribution in [1.82, 2.24) is 4.98 Å². The molecule has 0 spiro atoms. The predicted molar refractivity (Wildman–Crippen MR) is 84.8 cm³/mol. The van der Waals surface area contributed by atoms with Crippen LogP contribution in [0.4, 0.5) is 0 Å². The van der Waals surface area contributed by atoms with Crippen molar-refractivity contribution < 1.29 is 4.42 Å². The zero-order valence-corrected chi connectivity index (χ0v) is 13.1. The fourth-order valence-electron chi connectivity index (χ4n) is 1.77. The van der Waals surface area contributed by atoms with Crippen LogP contribution in [-0.2, 0) is 5.33 Å². The first-order valence-electron chi connectivity index (χ1n) is 5.47. The number of nitrogens with zero attached hydrogens (tertiary/aromatic N) is 1. The summed E-state index contributed by atoms with van der Waals surface area (Å²) in [4.78, 5) is 4.53. The number of hydrogen-bond donors (Lipinski definition) is 0. The smallest absolute Gasteiger partial charge is 0.227 e. The first-order valence-corrected chi connectivity index (χ1v) is 7.67. The highest BCUT2D eigenvalue weighted by molar-refractivity contribution is 14.1. The molecular formula is C14H9BrINO. The molecule has 0 saturated carbocycles. The van der Waals surface area contributed by atoms with Gasteiger partial charge >= 0.3 is 0 Å². The van der Waals surface area contributed by atoms with Gasteiger partial charge in [-0.1, -0.05) is 22.0 Å². The van der Waals surface area contributed by atoms with Crippen LogP contribution in [0.2, 0.25) is 0 Å². The summed E-state index contributed by atoms with van der Waals surface area (Å²) in [5.74, 6) is 0.674. The minimum absolute atomic E-state index is 0.674. The second-order valence-electron chi connectivity index (χ2n) is 3.96. The van der Waals surface area contributed by atoms with E-state index in [4.69, 9.17) is 4.42 Å². The van der Waals surface area contributed by atoms with Crippen molar-refractivity contribution in [2.45, 2.75) is 5.33 Å². The van der Waals surface area contributed by atoms with Crippen LogP contribution < -0.4 is 0 Å². The topological polar surface area (TPSA) is 26.0 Å². The molecule has 0 bridgehead atoms. The van der Waals surface area contributed by atoms with Gasteiger partial charge in [-0.3, -0.25) is 0 Å². The Morgan fingerprint density at radius 1 is 1.11 bits per heavy atom. The van der Waals surface area contributed by atoms with E-state index in [1.807, 2.05) is 30.3 Å². The zero-order chi connectivity index (χ0) is 12.5. The SMILES string of the molecule is BrCc1ccc2oc(-c3ccc(I)cc3)nc2c1. The van der Waals surface area contributed by atoms with E-state index in [9.17, 15) is 0 Å². The molecule has 1 heterocycles. The Morgan fingerprint density at radius 3 is 2.61 bits per heavy atom. The first kappa shape index (κ1) is 12.2. The molecule has 90 valence electrons. The van der Waals surface area contributed by atoms with E-state index in [0.717, 1.165) is 22.0 Å². The molecule has 0 unspecified atom stereocenters. The van der Waals surface area contributed by atoms with Crippen molar-refractivity contribution in [3.63, 3.8) is 0 Å². The molecule has 0 N–H and O–H groups in total. The van der Waals surface area contributed by atoms with Crippen LogP contribution >= 0.6 is 38.5 Å². The van der Waals surface area contributed by atoms with Crippen molar-refractivity contribution in [3.8, 4) is 11.5 Å². The van der Waals surface area contributed by atoms with Gasteiger partial charge in [0.15, 0.2) is 5.58 Å². The lowest BCUT2D eigenvalue weighted by atomic mass is 10.2. The lowest BCUT2D eigenvalue weighted by Gasteiger charge is -1.94. The Balaban J connectivity index is 2.10. The summed E-state index contributed by atoms with van der Waals surface area (Å²) in [6, 6.07) is 14.2. The maximum Gasteiger partial charge on any atom is 0.227 e. The molecule has 3 aromatic rings. The van der Waals surface area contributed by atoms with E-state index in [1.165, 1.54) is 9.13 Å². The van der Waals surface area contributed by atoms with E-state index in [0.29, 0.717) is 5.89 Å². The Bertz CT molecular complexity index is 691. The largest absolute Gasteiger partial charge is 0.436 e. The van der Waals surface area contributed by atoms with Crippen molar-refractivity contribution in [2.24, 2.45) is 0 Å². The van der Waals surface area contributed by atoms with Gasteiger partial charge in [0.05, 0.1) is 0 Å². The molecule has 3 rings (SSSR count). The van der Waals surface area contributed by atoms with Gasteiger partial charge in [0.1, 0.15) is 5.52 Å². The standard InChI is InChI=1S/C14H9BrINO/c15-8-9-1-6-13-12(7-9)17-14(18-13)10-2-4-11(16)5-3-10/h1-7H,8H2. The minimum atomic E-state index is 0.674. The lowest BCUT2D eigenvalue weighted by molar-refractivity contribution is 0.620. The number of aromatic nitrogens is 1. The Morgan fingerprint density at radius 2 is 1.89 bits per heavy atom. The second kappa shape index (κ2) is 5.01. The molecule has 0 saturated heterocycles. The van der Waals surface area contributed by atoms with Crippen molar-refractivity contribution >= 4 is 49.6 Å². The third-order valence-electron chi connectivity index (χ3n) is 2.70. The molecule has 0 fully saturated rings. The van der Waals surface area contributed by atoms with Gasteiger partial charge in [-0.05, 0) is 64.6 Å². The molecule has 4 heteroatoms. The maximum atomic E-state index is 5.76. The molecule has 0 aliphatic rings. The average Bonchev–Trinajstić information content (AvgIpc) is 2.82. The van der Waals surface area contributed by atoms with Crippen LogP contribution in [0.1, 0.15) is 5.56 Å². The number of hydrogen-bond acceptors (Lipinski definition) is 2. The summed E-state index contributed by atoms with van der Waals surface area (Å²) in [5, 5.41) is 0.828. The van der Waals surface area contributed by atoms with E-state index < -0.39 is 0 Å². The summed E-state index contributed by atoms with van der Waals surface area (Å²) in [6.07, 6.45) is 0. The number of fused-ring (bicyclic) bond motifs is 1. The highest BCUT2D eigenvalue weighted by atomic mass is 127. The monoisotopic (exact) mass is 413 g/mol. The van der Waals surface area contributed by atoms with E-state index >= 15 is 0 Å². The number of alkyl halides is 1. The summed E-state index contributed by atoms with van der Waals surface area (Å²) in [7, 11) is 0. The lowest BCUT2D eigenvalue weighted by Crippen LogP contribution is -1.78. The first-order chi connectivity index (χ1) is 8.76. The van der Waals surface area contributed by atoms with Gasteiger partial charge < -0.3 is 4.42 Å². The van der Waals surface area contributed by atoms with E-state index in [-0.39, 0.29) is 0 Å². The Kier molecular flexibility index (Phi) is 3.39. The predicted octanol–water partition coefficient (Wildman–Crippen LogP) is 4.99. The molecule has 0 radical (unpaired) electrons. The molecule has 2 nitrogen and oxygen atoms in total. The molecule has 18 heavy (non-hydrogen) atoms. The van der Waals surface area contributed by atoms with Crippen LogP contribution in [0.5, 0.6) is 0 Å². The molecule has 0 aliphatic carbocycles. The zero-order valence-electron chi connectivity index (χ0n) is 9.36. The second-order valence-corrected chi connectivity index (χ2v) is 5.77. The Hall–Kier alpha value is -0.880. The fraction of sp³-hybridized carbons (Fsp3) is 0.0714. The van der Waals surface area contributed by atoms with Crippen molar-refractivity contribution in [3.05, 3.63) is 51.6 Å². The number of rotatable bonds is 2. The summed E-state index contributed by atoms with van der Waals surface area (Å²) < 4.78 is 6.97. The van der Waals surface area contributed by atoms with Crippen LogP contribution in [-0.4, -0.2) is 4.98 Å². The van der Waals surface area contributed by atoms with Gasteiger partial charge in [-0.2, -0.15) is 0 Å². The van der Waals surface area contributed by atoms with Gasteiger partial charge in [-0.25, -0.2) is 4.98 Å². The highest BCUT2D eigenvalue weighted by Crippen LogP contribution is 2.25. The maximum absolute atomic E-state index is 5.76. The van der Waals surface area contributed by atoms with Gasteiger partial charge in [0, 0.05) is 14.5 Å².